The first-order chi connectivity index (χ1) is 16.4. The molecule has 3 rings (SSSR count). The van der Waals surface area contributed by atoms with Gasteiger partial charge in [0.25, 0.3) is 5.91 Å². The van der Waals surface area contributed by atoms with E-state index in [0.29, 0.717) is 42.4 Å². The van der Waals surface area contributed by atoms with Crippen LogP contribution in [0.1, 0.15) is 86.5 Å². The number of amides is 2. The maximum atomic E-state index is 13.9. The summed E-state index contributed by atoms with van der Waals surface area (Å²) in [6.07, 6.45) is 5.42. The lowest BCUT2D eigenvalue weighted by molar-refractivity contribution is -0.154. The Hall–Kier alpha value is -1.95. The fraction of sp³-hybridized carbons (Fsp3) is 0.714. The molecule has 1 aromatic rings. The molecule has 2 amide bonds. The minimum Gasteiger partial charge on any atom is -0.477 e. The monoisotopic (exact) mass is 506 g/mol. The van der Waals surface area contributed by atoms with Crippen LogP contribution in [0.2, 0.25) is 5.02 Å². The normalized spacial score (nSPS) is 23.8. The van der Waals surface area contributed by atoms with Gasteiger partial charge in [0.15, 0.2) is 5.60 Å². The highest BCUT2D eigenvalue weighted by Gasteiger charge is 2.48. The van der Waals surface area contributed by atoms with Gasteiger partial charge in [0.1, 0.15) is 11.4 Å². The first kappa shape index (κ1) is 27.6. The summed E-state index contributed by atoms with van der Waals surface area (Å²) in [6.45, 7) is 13.5. The van der Waals surface area contributed by atoms with Crippen LogP contribution in [0.5, 0.6) is 5.75 Å². The van der Waals surface area contributed by atoms with Crippen molar-refractivity contribution in [2.75, 3.05) is 13.1 Å². The number of benzene rings is 1. The number of nitrogens with zero attached hydrogens (tertiary/aromatic N) is 2. The molecule has 1 aliphatic carbocycles. The Bertz CT molecular complexity index is 849. The highest BCUT2D eigenvalue weighted by Crippen LogP contribution is 2.38. The van der Waals surface area contributed by atoms with Gasteiger partial charge >= 0.3 is 6.09 Å². The summed E-state index contributed by atoms with van der Waals surface area (Å²) in [5.74, 6) is 1.42. The number of piperidine rings is 1. The van der Waals surface area contributed by atoms with Gasteiger partial charge in [-0.15, -0.1) is 0 Å². The van der Waals surface area contributed by atoms with Crippen molar-refractivity contribution in [1.82, 2.24) is 9.80 Å². The van der Waals surface area contributed by atoms with E-state index in [-0.39, 0.29) is 24.1 Å². The number of ether oxygens (including phenoxy) is 2. The molecule has 7 heteroatoms. The van der Waals surface area contributed by atoms with E-state index in [2.05, 4.69) is 6.92 Å². The number of carbonyl (C=O) groups excluding carboxylic acids is 2. The van der Waals surface area contributed by atoms with Crippen LogP contribution < -0.4 is 4.74 Å². The number of halogens is 1. The van der Waals surface area contributed by atoms with Crippen molar-refractivity contribution in [3.63, 3.8) is 0 Å². The highest BCUT2D eigenvalue weighted by atomic mass is 35.5. The fourth-order valence-electron chi connectivity index (χ4n) is 5.36. The summed E-state index contributed by atoms with van der Waals surface area (Å²) in [4.78, 5) is 30.8. The average molecular weight is 507 g/mol. The number of carbonyl (C=O) groups is 2. The standard InChI is InChI=1S/C28H43ClN2O4/c1-7-21-14-18-30(19-15-21)25(32)28(34-24-10-8-22(29)9-11-24)16-12-23(13-17-28)31(20(2)3)26(33)35-27(4,5)6/h8-11,20-21,23H,7,12-19H2,1-6H3. The predicted octanol–water partition coefficient (Wildman–Crippen LogP) is 6.69. The minimum absolute atomic E-state index is 0.00306. The summed E-state index contributed by atoms with van der Waals surface area (Å²) >= 11 is 6.08. The second-order valence-electron chi connectivity index (χ2n) is 11.4. The molecule has 0 aromatic heterocycles. The minimum atomic E-state index is -0.931. The summed E-state index contributed by atoms with van der Waals surface area (Å²) < 4.78 is 12.2. The van der Waals surface area contributed by atoms with Crippen molar-refractivity contribution >= 4 is 23.6 Å². The van der Waals surface area contributed by atoms with Crippen LogP contribution in [0.4, 0.5) is 4.79 Å². The molecule has 35 heavy (non-hydrogen) atoms. The van der Waals surface area contributed by atoms with Crippen LogP contribution in [0, 0.1) is 5.92 Å². The molecule has 0 bridgehead atoms. The Morgan fingerprint density at radius 3 is 2.14 bits per heavy atom. The molecule has 1 aliphatic heterocycles. The molecule has 0 atom stereocenters. The molecule has 2 fully saturated rings. The molecule has 1 heterocycles. The van der Waals surface area contributed by atoms with Gasteiger partial charge in [-0.2, -0.15) is 0 Å². The van der Waals surface area contributed by atoms with Gasteiger partial charge in [0.2, 0.25) is 0 Å². The zero-order valence-electron chi connectivity index (χ0n) is 22.3. The first-order valence-electron chi connectivity index (χ1n) is 13.2. The molecular formula is C28H43ClN2O4. The van der Waals surface area contributed by atoms with Crippen LogP contribution >= 0.6 is 11.6 Å². The van der Waals surface area contributed by atoms with E-state index in [4.69, 9.17) is 21.1 Å². The van der Waals surface area contributed by atoms with Gasteiger partial charge in [-0.25, -0.2) is 4.79 Å². The zero-order chi connectivity index (χ0) is 25.8. The molecule has 0 spiro atoms. The quantitative estimate of drug-likeness (QED) is 0.431. The Labute approximate surface area is 216 Å². The lowest BCUT2D eigenvalue weighted by atomic mass is 9.79. The Balaban J connectivity index is 1.79. The largest absolute Gasteiger partial charge is 0.477 e. The maximum Gasteiger partial charge on any atom is 0.410 e. The van der Waals surface area contributed by atoms with Gasteiger partial charge in [-0.05, 0) is 103 Å². The zero-order valence-corrected chi connectivity index (χ0v) is 23.1. The molecule has 0 N–H and O–H groups in total. The second kappa shape index (κ2) is 11.4. The summed E-state index contributed by atoms with van der Waals surface area (Å²) in [5.41, 5.74) is -1.49. The third kappa shape index (κ3) is 7.05. The molecule has 196 valence electrons. The highest BCUT2D eigenvalue weighted by molar-refractivity contribution is 6.30. The maximum absolute atomic E-state index is 13.9. The van der Waals surface area contributed by atoms with E-state index in [0.717, 1.165) is 32.4 Å². The van der Waals surface area contributed by atoms with Crippen molar-refractivity contribution in [2.24, 2.45) is 5.92 Å². The second-order valence-corrected chi connectivity index (χ2v) is 11.8. The number of hydrogen-bond donors (Lipinski definition) is 0. The van der Waals surface area contributed by atoms with E-state index in [9.17, 15) is 9.59 Å². The van der Waals surface area contributed by atoms with Gasteiger partial charge in [0, 0.05) is 30.2 Å². The van der Waals surface area contributed by atoms with Crippen molar-refractivity contribution in [3.05, 3.63) is 29.3 Å². The topological polar surface area (TPSA) is 59.1 Å². The SMILES string of the molecule is CCC1CCN(C(=O)C2(Oc3ccc(Cl)cc3)CCC(N(C(=O)OC(C)(C)C)C(C)C)CC2)CC1. The van der Waals surface area contributed by atoms with Crippen LogP contribution in [-0.2, 0) is 9.53 Å². The number of hydrogen-bond acceptors (Lipinski definition) is 4. The van der Waals surface area contributed by atoms with Gasteiger partial charge in [0.05, 0.1) is 0 Å². The van der Waals surface area contributed by atoms with Crippen LogP contribution in [-0.4, -0.2) is 58.2 Å². The Morgan fingerprint density at radius 1 is 1.09 bits per heavy atom. The van der Waals surface area contributed by atoms with E-state index >= 15 is 0 Å². The van der Waals surface area contributed by atoms with Crippen molar-refractivity contribution < 1.29 is 19.1 Å². The van der Waals surface area contributed by atoms with Crippen molar-refractivity contribution in [1.29, 1.82) is 0 Å². The average Bonchev–Trinajstić information content (AvgIpc) is 2.80. The number of rotatable bonds is 6. The molecule has 1 saturated carbocycles. The number of likely N-dealkylation sites (tertiary alicyclic amines) is 1. The molecule has 1 saturated heterocycles. The third-order valence-corrected chi connectivity index (χ3v) is 7.56. The van der Waals surface area contributed by atoms with Crippen molar-refractivity contribution in [3.8, 4) is 5.75 Å². The molecule has 6 nitrogen and oxygen atoms in total. The van der Waals surface area contributed by atoms with Gasteiger partial charge < -0.3 is 19.3 Å². The molecule has 1 aromatic carbocycles. The van der Waals surface area contributed by atoms with Crippen LogP contribution in [0.3, 0.4) is 0 Å². The fourth-order valence-corrected chi connectivity index (χ4v) is 5.49. The lowest BCUT2D eigenvalue weighted by Crippen LogP contribution is -2.58. The Morgan fingerprint density at radius 2 is 1.66 bits per heavy atom. The van der Waals surface area contributed by atoms with Gasteiger partial charge in [-0.1, -0.05) is 24.9 Å². The Kier molecular flexibility index (Phi) is 9.01. The molecule has 0 radical (unpaired) electrons. The smallest absolute Gasteiger partial charge is 0.410 e. The third-order valence-electron chi connectivity index (χ3n) is 7.31. The van der Waals surface area contributed by atoms with Gasteiger partial charge in [-0.3, -0.25) is 4.79 Å². The first-order valence-corrected chi connectivity index (χ1v) is 13.6. The predicted molar refractivity (Wildman–Crippen MR) is 140 cm³/mol. The van der Waals surface area contributed by atoms with Crippen LogP contribution in [0.15, 0.2) is 24.3 Å². The molecule has 0 unspecified atom stereocenters. The summed E-state index contributed by atoms with van der Waals surface area (Å²) in [6, 6.07) is 7.24. The summed E-state index contributed by atoms with van der Waals surface area (Å²) in [7, 11) is 0. The van der Waals surface area contributed by atoms with E-state index in [1.54, 1.807) is 12.1 Å². The molecule has 2 aliphatic rings. The summed E-state index contributed by atoms with van der Waals surface area (Å²) in [5, 5.41) is 0.632. The van der Waals surface area contributed by atoms with Crippen molar-refractivity contribution in [2.45, 2.75) is 110 Å². The van der Waals surface area contributed by atoms with E-state index in [1.807, 2.05) is 56.6 Å². The van der Waals surface area contributed by atoms with Crippen LogP contribution in [0.25, 0.3) is 0 Å². The van der Waals surface area contributed by atoms with E-state index in [1.165, 1.54) is 0 Å². The lowest BCUT2D eigenvalue weighted by Gasteiger charge is -2.46. The molecular weight excluding hydrogens is 464 g/mol. The van der Waals surface area contributed by atoms with E-state index < -0.39 is 11.2 Å².